The molecule has 0 radical (unpaired) electrons. The number of fused-ring (bicyclic) bond motifs is 6. The van der Waals surface area contributed by atoms with E-state index in [1.54, 1.807) is 0 Å². The topological polar surface area (TPSA) is 69.1 Å². The van der Waals surface area contributed by atoms with E-state index in [0.29, 0.717) is 42.2 Å². The highest BCUT2D eigenvalue weighted by molar-refractivity contribution is 6.35. The SMILES string of the molecule is CCOC(=O)c1[nH]c2c(-c3c(C)nn(C)c3C)c(Cl)ccc2c1CCCOc1cccc2c1C1CCC2C1. The van der Waals surface area contributed by atoms with Gasteiger partial charge in [0.2, 0.25) is 0 Å². The Morgan fingerprint density at radius 1 is 1.16 bits per heavy atom. The maximum absolute atomic E-state index is 13.0. The van der Waals surface area contributed by atoms with Crippen LogP contribution in [0.3, 0.4) is 0 Å². The quantitative estimate of drug-likeness (QED) is 0.190. The van der Waals surface area contributed by atoms with Crippen LogP contribution in [-0.2, 0) is 18.2 Å². The average molecular weight is 532 g/mol. The minimum Gasteiger partial charge on any atom is -0.493 e. The van der Waals surface area contributed by atoms with Crippen LogP contribution in [0.1, 0.15) is 83.0 Å². The van der Waals surface area contributed by atoms with Gasteiger partial charge in [-0.2, -0.15) is 5.10 Å². The number of H-pyrrole nitrogens is 1. The first kappa shape index (κ1) is 25.1. The number of aryl methyl sites for hydroxylation is 3. The third-order valence-corrected chi connectivity index (χ3v) is 8.79. The molecule has 1 fully saturated rings. The monoisotopic (exact) mass is 531 g/mol. The molecule has 1 N–H and O–H groups in total. The van der Waals surface area contributed by atoms with E-state index in [-0.39, 0.29) is 5.97 Å². The van der Waals surface area contributed by atoms with E-state index in [0.717, 1.165) is 51.2 Å². The highest BCUT2D eigenvalue weighted by atomic mass is 35.5. The number of hydrogen-bond donors (Lipinski definition) is 1. The largest absolute Gasteiger partial charge is 0.493 e. The predicted octanol–water partition coefficient (Wildman–Crippen LogP) is 7.39. The molecule has 6 rings (SSSR count). The number of hydrogen-bond acceptors (Lipinski definition) is 4. The highest BCUT2D eigenvalue weighted by Crippen LogP contribution is 2.55. The molecule has 4 aromatic rings. The lowest BCUT2D eigenvalue weighted by Gasteiger charge is -2.19. The predicted molar refractivity (Wildman–Crippen MR) is 151 cm³/mol. The molecule has 38 heavy (non-hydrogen) atoms. The van der Waals surface area contributed by atoms with Crippen molar-refractivity contribution in [1.29, 1.82) is 0 Å². The van der Waals surface area contributed by atoms with Gasteiger partial charge in [-0.3, -0.25) is 4.68 Å². The molecule has 2 unspecified atom stereocenters. The highest BCUT2D eigenvalue weighted by Gasteiger charge is 2.38. The van der Waals surface area contributed by atoms with E-state index in [1.807, 2.05) is 44.6 Å². The Morgan fingerprint density at radius 2 is 1.97 bits per heavy atom. The maximum Gasteiger partial charge on any atom is 0.355 e. The number of halogens is 1. The summed E-state index contributed by atoms with van der Waals surface area (Å²) >= 11 is 6.77. The van der Waals surface area contributed by atoms with Crippen molar-refractivity contribution >= 4 is 28.5 Å². The van der Waals surface area contributed by atoms with Gasteiger partial charge in [-0.15, -0.1) is 0 Å². The van der Waals surface area contributed by atoms with E-state index in [2.05, 4.69) is 28.3 Å². The van der Waals surface area contributed by atoms with Gasteiger partial charge in [-0.1, -0.05) is 29.8 Å². The fraction of sp³-hybridized carbons (Fsp3) is 0.419. The number of esters is 1. The molecule has 2 heterocycles. The van der Waals surface area contributed by atoms with Gasteiger partial charge in [0, 0.05) is 34.8 Å². The minimum atomic E-state index is -0.349. The van der Waals surface area contributed by atoms with E-state index in [1.165, 1.54) is 30.4 Å². The first-order chi connectivity index (χ1) is 18.4. The number of rotatable bonds is 8. The molecule has 1 saturated carbocycles. The normalized spacial score (nSPS) is 17.8. The lowest BCUT2D eigenvalue weighted by atomic mass is 9.91. The number of nitrogens with zero attached hydrogens (tertiary/aromatic N) is 2. The summed E-state index contributed by atoms with van der Waals surface area (Å²) in [5.74, 6) is 2.05. The Kier molecular flexibility index (Phi) is 6.47. The van der Waals surface area contributed by atoms with Crippen LogP contribution in [0, 0.1) is 13.8 Å². The van der Waals surface area contributed by atoms with Crippen LogP contribution in [0.4, 0.5) is 0 Å². The van der Waals surface area contributed by atoms with Gasteiger partial charge in [-0.05, 0) is 88.0 Å². The molecule has 6 nitrogen and oxygen atoms in total. The van der Waals surface area contributed by atoms with E-state index in [4.69, 9.17) is 21.1 Å². The summed E-state index contributed by atoms with van der Waals surface area (Å²) in [5.41, 5.74) is 8.97. The van der Waals surface area contributed by atoms with Gasteiger partial charge in [-0.25, -0.2) is 4.79 Å². The first-order valence-corrected chi connectivity index (χ1v) is 14.0. The Morgan fingerprint density at radius 3 is 2.74 bits per heavy atom. The summed E-state index contributed by atoms with van der Waals surface area (Å²) in [5, 5.41) is 6.19. The molecule has 0 saturated heterocycles. The van der Waals surface area contributed by atoms with Crippen molar-refractivity contribution in [2.45, 2.75) is 64.7 Å². The van der Waals surface area contributed by atoms with Crippen molar-refractivity contribution in [2.24, 2.45) is 7.05 Å². The Balaban J connectivity index is 1.31. The molecule has 2 aromatic carbocycles. The third-order valence-electron chi connectivity index (χ3n) is 8.48. The van der Waals surface area contributed by atoms with Gasteiger partial charge in [0.25, 0.3) is 0 Å². The second-order valence-electron chi connectivity index (χ2n) is 10.6. The molecule has 2 aliphatic rings. The molecule has 2 aliphatic carbocycles. The zero-order valence-electron chi connectivity index (χ0n) is 22.5. The molecule has 7 heteroatoms. The molecule has 0 spiro atoms. The summed E-state index contributed by atoms with van der Waals surface area (Å²) in [6, 6.07) is 10.4. The summed E-state index contributed by atoms with van der Waals surface area (Å²) in [6.07, 6.45) is 5.32. The zero-order chi connectivity index (χ0) is 26.6. The number of nitrogens with one attached hydrogen (secondary N) is 1. The van der Waals surface area contributed by atoms with Crippen LogP contribution in [0.2, 0.25) is 5.02 Å². The van der Waals surface area contributed by atoms with Crippen LogP contribution < -0.4 is 4.74 Å². The fourth-order valence-electron chi connectivity index (χ4n) is 6.75. The van der Waals surface area contributed by atoms with Gasteiger partial charge in [0.05, 0.1) is 29.4 Å². The van der Waals surface area contributed by atoms with E-state index >= 15 is 0 Å². The standard InChI is InChI=1S/C31H34ClN3O3/c1-5-37-31(36)30-22(9-7-15-38-25-10-6-8-21-19-11-12-20(16-19)27(21)25)23-13-14-24(32)28(29(23)33-30)26-17(2)34-35(4)18(26)3/h6,8,10,13-14,19-20,33H,5,7,9,11-12,15-16H2,1-4H3. The Hall–Kier alpha value is -3.25. The smallest absolute Gasteiger partial charge is 0.355 e. The molecule has 2 aromatic heterocycles. The number of carbonyl (C=O) groups excluding carboxylic acids is 1. The molecular formula is C31H34ClN3O3. The van der Waals surface area contributed by atoms with Gasteiger partial charge >= 0.3 is 5.97 Å². The second-order valence-corrected chi connectivity index (χ2v) is 11.0. The van der Waals surface area contributed by atoms with Crippen molar-refractivity contribution in [3.63, 3.8) is 0 Å². The molecule has 2 bridgehead atoms. The van der Waals surface area contributed by atoms with E-state index < -0.39 is 0 Å². The van der Waals surface area contributed by atoms with Crippen LogP contribution >= 0.6 is 11.6 Å². The van der Waals surface area contributed by atoms with Crippen molar-refractivity contribution in [3.05, 3.63) is 69.1 Å². The summed E-state index contributed by atoms with van der Waals surface area (Å²) < 4.78 is 13.6. The lowest BCUT2D eigenvalue weighted by molar-refractivity contribution is 0.0519. The van der Waals surface area contributed by atoms with Crippen molar-refractivity contribution in [3.8, 4) is 16.9 Å². The number of aromatic amines is 1. The summed E-state index contributed by atoms with van der Waals surface area (Å²) in [6.45, 7) is 6.74. The number of benzene rings is 2. The van der Waals surface area contributed by atoms with Crippen LogP contribution in [-0.4, -0.2) is 33.9 Å². The Labute approximate surface area is 228 Å². The van der Waals surface area contributed by atoms with Gasteiger partial charge < -0.3 is 14.5 Å². The second kappa shape index (κ2) is 9.81. The number of carbonyl (C=O) groups is 1. The van der Waals surface area contributed by atoms with E-state index in [9.17, 15) is 4.79 Å². The van der Waals surface area contributed by atoms with Crippen molar-refractivity contribution < 1.29 is 14.3 Å². The minimum absolute atomic E-state index is 0.312. The average Bonchev–Trinajstić information content (AvgIpc) is 3.66. The Bertz CT molecular complexity index is 1550. The van der Waals surface area contributed by atoms with Crippen molar-refractivity contribution in [1.82, 2.24) is 14.8 Å². The maximum atomic E-state index is 13.0. The lowest BCUT2D eigenvalue weighted by Crippen LogP contribution is -2.09. The summed E-state index contributed by atoms with van der Waals surface area (Å²) in [4.78, 5) is 16.4. The van der Waals surface area contributed by atoms with Crippen LogP contribution in [0.5, 0.6) is 5.75 Å². The molecule has 0 amide bonds. The summed E-state index contributed by atoms with van der Waals surface area (Å²) in [7, 11) is 1.93. The van der Waals surface area contributed by atoms with Crippen molar-refractivity contribution in [2.75, 3.05) is 13.2 Å². The van der Waals surface area contributed by atoms with Crippen LogP contribution in [0.25, 0.3) is 22.0 Å². The fourth-order valence-corrected chi connectivity index (χ4v) is 7.00. The first-order valence-electron chi connectivity index (χ1n) is 13.6. The molecular weight excluding hydrogens is 498 g/mol. The molecule has 198 valence electrons. The zero-order valence-corrected chi connectivity index (χ0v) is 23.2. The third kappa shape index (κ3) is 4.01. The molecule has 0 aliphatic heterocycles. The van der Waals surface area contributed by atoms with Gasteiger partial charge in [0.15, 0.2) is 0 Å². The van der Waals surface area contributed by atoms with Crippen LogP contribution in [0.15, 0.2) is 30.3 Å². The molecule has 2 atom stereocenters. The van der Waals surface area contributed by atoms with Gasteiger partial charge in [0.1, 0.15) is 11.4 Å². The number of ether oxygens (including phenoxy) is 2. The number of aromatic nitrogens is 3.